The number of aliphatic hydroxyl groups excluding tert-OH is 1. The first kappa shape index (κ1) is 33.9. The van der Waals surface area contributed by atoms with E-state index in [4.69, 9.17) is 13.7 Å². The van der Waals surface area contributed by atoms with E-state index in [1.807, 2.05) is 64.2 Å². The fourth-order valence-corrected chi connectivity index (χ4v) is 8.68. The van der Waals surface area contributed by atoms with Crippen LogP contribution < -0.4 is 4.74 Å². The molecule has 13 heteroatoms. The molecule has 3 aliphatic rings. The van der Waals surface area contributed by atoms with Gasteiger partial charge in [-0.2, -0.15) is 13.2 Å². The maximum Gasteiger partial charge on any atom is 0.416 e. The van der Waals surface area contributed by atoms with E-state index < -0.39 is 77.2 Å². The summed E-state index contributed by atoms with van der Waals surface area (Å²) in [7, 11) is 0.534. The normalized spacial score (nSPS) is 24.3. The minimum absolute atomic E-state index is 0.00107. The molecular weight excluding hydrogens is 645 g/mol. The van der Waals surface area contributed by atoms with Crippen molar-refractivity contribution in [3.05, 3.63) is 87.4 Å². The van der Waals surface area contributed by atoms with Gasteiger partial charge in [-0.3, -0.25) is 14.5 Å². The average molecular weight is 685 g/mol. The van der Waals surface area contributed by atoms with Crippen molar-refractivity contribution < 1.29 is 46.7 Å². The zero-order chi connectivity index (χ0) is 35.1. The lowest BCUT2D eigenvalue weighted by Crippen LogP contribution is -2.65. The first-order valence-corrected chi connectivity index (χ1v) is 18.7. The number of Topliss-reactive ketones (excluding diaryl/α,β-unsaturated/α-hetero) is 2. The molecule has 9 nitrogen and oxygen atoms in total. The molecule has 3 aromatic rings. The molecule has 2 N–H and O–H groups in total. The number of carbonyl (C=O) groups is 2. The molecule has 0 radical (unpaired) electrons. The summed E-state index contributed by atoms with van der Waals surface area (Å²) in [5, 5.41) is 26.8. The third-order valence-electron chi connectivity index (χ3n) is 10.5. The van der Waals surface area contributed by atoms with Gasteiger partial charge in [-0.05, 0) is 79.4 Å². The highest BCUT2D eigenvalue weighted by atomic mass is 28.4. The van der Waals surface area contributed by atoms with Crippen LogP contribution in [0.1, 0.15) is 76.4 Å². The summed E-state index contributed by atoms with van der Waals surface area (Å²) in [5.74, 6) is -4.69. The molecule has 256 valence electrons. The molecule has 0 amide bonds. The highest BCUT2D eigenvalue weighted by Crippen LogP contribution is 2.60. The van der Waals surface area contributed by atoms with Crippen molar-refractivity contribution >= 4 is 19.9 Å². The maximum atomic E-state index is 15.1. The Morgan fingerprint density at radius 1 is 1.04 bits per heavy atom. The molecule has 3 aliphatic carbocycles. The van der Waals surface area contributed by atoms with E-state index in [9.17, 15) is 28.2 Å². The van der Waals surface area contributed by atoms with Crippen LogP contribution in [0.4, 0.5) is 13.2 Å². The van der Waals surface area contributed by atoms with Crippen LogP contribution in [-0.4, -0.2) is 59.8 Å². The van der Waals surface area contributed by atoms with Gasteiger partial charge in [0.25, 0.3) is 5.88 Å². The summed E-state index contributed by atoms with van der Waals surface area (Å²) in [6.45, 7) is 9.79. The molecule has 0 aliphatic heterocycles. The number of fused-ring (bicyclic) bond motifs is 4. The van der Waals surface area contributed by atoms with Crippen LogP contribution in [-0.2, 0) is 23.6 Å². The predicted molar refractivity (Wildman–Crippen MR) is 171 cm³/mol. The molecule has 0 unspecified atom stereocenters. The van der Waals surface area contributed by atoms with E-state index in [0.29, 0.717) is 0 Å². The number of benzene rings is 2. The molecule has 1 heterocycles. The van der Waals surface area contributed by atoms with E-state index in [-0.39, 0.29) is 47.8 Å². The lowest BCUT2D eigenvalue weighted by atomic mass is 9.58. The third-order valence-corrected chi connectivity index (χ3v) is 14.9. The van der Waals surface area contributed by atoms with Gasteiger partial charge in [-0.15, -0.1) is 0 Å². The van der Waals surface area contributed by atoms with Gasteiger partial charge in [0.1, 0.15) is 23.7 Å². The number of nitrogens with zero attached hydrogens (tertiary/aromatic N) is 2. The molecule has 48 heavy (non-hydrogen) atoms. The molecule has 0 saturated carbocycles. The van der Waals surface area contributed by atoms with Crippen molar-refractivity contribution in [2.45, 2.75) is 76.2 Å². The predicted octanol–water partition coefficient (Wildman–Crippen LogP) is 7.42. The Labute approximate surface area is 277 Å². The van der Waals surface area contributed by atoms with E-state index in [2.05, 4.69) is 5.16 Å². The number of allylic oxidation sites excluding steroid dienone is 1. The van der Waals surface area contributed by atoms with Crippen LogP contribution >= 0.6 is 0 Å². The number of rotatable bonds is 6. The summed E-state index contributed by atoms with van der Waals surface area (Å²) >= 11 is 0. The minimum Gasteiger partial charge on any atom is -0.508 e. The van der Waals surface area contributed by atoms with Crippen LogP contribution in [0.3, 0.4) is 0 Å². The van der Waals surface area contributed by atoms with Gasteiger partial charge in [0.2, 0.25) is 5.78 Å². The average Bonchev–Trinajstić information content (AvgIpc) is 3.40. The lowest BCUT2D eigenvalue weighted by molar-refractivity contribution is -0.138. The van der Waals surface area contributed by atoms with Gasteiger partial charge in [0.05, 0.1) is 17.2 Å². The fourth-order valence-electron chi connectivity index (χ4n) is 7.22. The van der Waals surface area contributed by atoms with Gasteiger partial charge >= 0.3 is 6.18 Å². The van der Waals surface area contributed by atoms with Crippen molar-refractivity contribution in [3.63, 3.8) is 0 Å². The molecular formula is C35H39F3N2O7Si. The molecule has 4 atom stereocenters. The highest BCUT2D eigenvalue weighted by molar-refractivity contribution is 6.74. The molecule has 2 aromatic carbocycles. The second-order valence-electron chi connectivity index (χ2n) is 14.7. The number of ketones is 2. The second kappa shape index (κ2) is 11.3. The third kappa shape index (κ3) is 5.09. The summed E-state index contributed by atoms with van der Waals surface area (Å²) in [6.07, 6.45) is -5.08. The number of carbonyl (C=O) groups excluding carboxylic acids is 2. The van der Waals surface area contributed by atoms with Crippen LogP contribution in [0.5, 0.6) is 11.6 Å². The van der Waals surface area contributed by atoms with Gasteiger partial charge in [-0.1, -0.05) is 51.1 Å². The quantitative estimate of drug-likeness (QED) is 0.255. The Bertz CT molecular complexity index is 1830. The number of aromatic hydroxyl groups is 1. The number of ether oxygens (including phenoxy) is 1. The van der Waals surface area contributed by atoms with Crippen molar-refractivity contribution in [2.75, 3.05) is 14.1 Å². The van der Waals surface area contributed by atoms with E-state index in [1.54, 1.807) is 19.0 Å². The minimum atomic E-state index is -4.79. The van der Waals surface area contributed by atoms with Crippen LogP contribution in [0.25, 0.3) is 0 Å². The Morgan fingerprint density at radius 3 is 2.31 bits per heavy atom. The molecule has 1 aromatic heterocycles. The number of phenolic OH excluding ortho intramolecular Hbond substituents is 1. The number of alkyl halides is 3. The Balaban J connectivity index is 1.59. The Hall–Kier alpha value is -3.94. The first-order valence-electron chi connectivity index (χ1n) is 15.8. The SMILES string of the molecule is CN(C)[C@@H]1c2onc(OCc3ccccc3)c2C(=O)[C@@]2(O[Si](C)(C)C(C)(C)C)C(O)=C3C(=O)c4c(O)ccc(C(F)(F)F)c4C[C@H]3C[C@@H]12. The molecule has 0 saturated heterocycles. The second-order valence-corrected chi connectivity index (χ2v) is 19.4. The first-order chi connectivity index (χ1) is 22.3. The van der Waals surface area contributed by atoms with E-state index >= 15 is 4.79 Å². The fraction of sp³-hybridized carbons (Fsp3) is 0.457. The van der Waals surface area contributed by atoms with Crippen molar-refractivity contribution in [2.24, 2.45) is 11.8 Å². The Morgan fingerprint density at radius 2 is 1.71 bits per heavy atom. The summed E-state index contributed by atoms with van der Waals surface area (Å²) in [5.41, 5.74) is -3.49. The lowest BCUT2D eigenvalue weighted by Gasteiger charge is -2.55. The van der Waals surface area contributed by atoms with Gasteiger partial charge in [-0.25, -0.2) is 0 Å². The van der Waals surface area contributed by atoms with Crippen LogP contribution in [0.2, 0.25) is 18.1 Å². The number of halogens is 3. The van der Waals surface area contributed by atoms with Gasteiger partial charge < -0.3 is 23.9 Å². The smallest absolute Gasteiger partial charge is 0.416 e. The molecule has 0 spiro atoms. The van der Waals surface area contributed by atoms with Crippen molar-refractivity contribution in [1.82, 2.24) is 10.1 Å². The van der Waals surface area contributed by atoms with Crippen LogP contribution in [0.15, 0.2) is 58.3 Å². The summed E-state index contributed by atoms with van der Waals surface area (Å²) in [4.78, 5) is 31.1. The van der Waals surface area contributed by atoms with E-state index in [1.165, 1.54) is 0 Å². The summed E-state index contributed by atoms with van der Waals surface area (Å²) in [6, 6.07) is 10.1. The number of phenols is 1. The monoisotopic (exact) mass is 684 g/mol. The molecule has 6 rings (SSSR count). The standard InChI is InChI=1S/C35H39F3N2O7Si/c1-33(2,3)48(6,7)47-34-22(16-19-15-20-21(35(36,37)38)13-14-23(41)25(20)28(42)24(19)30(34)43)27(40(4)5)29-26(31(34)44)32(39-46-29)45-17-18-11-9-8-10-12-18/h8-14,19,22,27,41,43H,15-17H2,1-7H3/t19-,22-,27-,34-/m0/s1. The number of aliphatic hydroxyl groups is 1. The zero-order valence-corrected chi connectivity index (χ0v) is 28.9. The summed E-state index contributed by atoms with van der Waals surface area (Å²) < 4.78 is 61.4. The van der Waals surface area contributed by atoms with Gasteiger partial charge in [0, 0.05) is 11.5 Å². The highest BCUT2D eigenvalue weighted by Gasteiger charge is 2.67. The number of hydrogen-bond donors (Lipinski definition) is 2. The van der Waals surface area contributed by atoms with Crippen molar-refractivity contribution in [1.29, 1.82) is 0 Å². The Kier molecular flexibility index (Phi) is 8.00. The van der Waals surface area contributed by atoms with Crippen molar-refractivity contribution in [3.8, 4) is 11.6 Å². The molecule has 0 fully saturated rings. The largest absolute Gasteiger partial charge is 0.508 e. The van der Waals surface area contributed by atoms with Crippen LogP contribution in [0, 0.1) is 11.8 Å². The number of hydrogen-bond acceptors (Lipinski definition) is 9. The topological polar surface area (TPSA) is 122 Å². The molecule has 0 bridgehead atoms. The maximum absolute atomic E-state index is 15.1. The zero-order valence-electron chi connectivity index (χ0n) is 27.9. The van der Waals surface area contributed by atoms with Gasteiger partial charge in [0.15, 0.2) is 25.5 Å². The van der Waals surface area contributed by atoms with E-state index in [0.717, 1.165) is 17.7 Å². The number of aromatic nitrogens is 1.